The number of hydrogen-bond donors (Lipinski definition) is 0. The Morgan fingerprint density at radius 1 is 1.03 bits per heavy atom. The fourth-order valence-corrected chi connectivity index (χ4v) is 4.15. The molecule has 0 bridgehead atoms. The molecule has 0 radical (unpaired) electrons. The topological polar surface area (TPSA) is 45.7 Å². The van der Waals surface area contributed by atoms with Gasteiger partial charge in [-0.25, -0.2) is 4.39 Å². The Hall–Kier alpha value is -3.41. The first-order valence-corrected chi connectivity index (χ1v) is 10.9. The van der Waals surface area contributed by atoms with Crippen LogP contribution in [0.2, 0.25) is 0 Å². The van der Waals surface area contributed by atoms with E-state index in [1.807, 2.05) is 43.0 Å². The molecule has 166 valence electrons. The summed E-state index contributed by atoms with van der Waals surface area (Å²) >= 11 is 0. The van der Waals surface area contributed by atoms with Crippen molar-refractivity contribution in [1.29, 1.82) is 0 Å². The van der Waals surface area contributed by atoms with E-state index in [1.165, 1.54) is 12.1 Å². The lowest BCUT2D eigenvalue weighted by Crippen LogP contribution is -2.35. The molecule has 0 atom stereocenters. The zero-order valence-electron chi connectivity index (χ0n) is 18.6. The third kappa shape index (κ3) is 5.07. The number of hydrogen-bond acceptors (Lipinski definition) is 4. The highest BCUT2D eigenvalue weighted by Crippen LogP contribution is 2.27. The van der Waals surface area contributed by atoms with Crippen molar-refractivity contribution in [2.75, 3.05) is 31.1 Å². The van der Waals surface area contributed by atoms with Crippen LogP contribution in [0.1, 0.15) is 33.5 Å². The van der Waals surface area contributed by atoms with Crippen molar-refractivity contribution in [3.63, 3.8) is 0 Å². The van der Waals surface area contributed by atoms with Gasteiger partial charge in [0.25, 0.3) is 5.91 Å². The van der Waals surface area contributed by atoms with Gasteiger partial charge in [0.1, 0.15) is 18.2 Å². The number of carbonyl (C=O) groups excluding carboxylic acids is 1. The Labute approximate surface area is 188 Å². The number of nitrogens with zero attached hydrogens (tertiary/aromatic N) is 3. The lowest BCUT2D eigenvalue weighted by atomic mass is 10.0. The van der Waals surface area contributed by atoms with Crippen molar-refractivity contribution >= 4 is 11.6 Å². The molecule has 1 aliphatic rings. The average molecular weight is 434 g/mol. The number of rotatable bonds is 5. The highest BCUT2D eigenvalue weighted by atomic mass is 19.1. The van der Waals surface area contributed by atoms with E-state index in [1.54, 1.807) is 24.5 Å². The molecule has 1 fully saturated rings. The third-order valence-corrected chi connectivity index (χ3v) is 5.79. The normalized spacial score (nSPS) is 14.2. The van der Waals surface area contributed by atoms with Crippen LogP contribution < -0.4 is 9.64 Å². The minimum absolute atomic E-state index is 0.0379. The Bertz CT molecular complexity index is 1050. The highest BCUT2D eigenvalue weighted by Gasteiger charge is 2.22. The number of ether oxygens (including phenoxy) is 1. The number of anilines is 1. The lowest BCUT2D eigenvalue weighted by molar-refractivity contribution is 0.0766. The molecule has 0 spiro atoms. The summed E-state index contributed by atoms with van der Waals surface area (Å²) in [6.45, 7) is 7.29. The van der Waals surface area contributed by atoms with Crippen LogP contribution in [0, 0.1) is 19.7 Å². The van der Waals surface area contributed by atoms with E-state index >= 15 is 0 Å². The maximum absolute atomic E-state index is 13.2. The summed E-state index contributed by atoms with van der Waals surface area (Å²) in [4.78, 5) is 21.5. The van der Waals surface area contributed by atoms with Gasteiger partial charge in [-0.05, 0) is 73.9 Å². The summed E-state index contributed by atoms with van der Waals surface area (Å²) in [5.74, 6) is 0.610. The minimum atomic E-state index is -0.237. The quantitative estimate of drug-likeness (QED) is 0.582. The van der Waals surface area contributed by atoms with E-state index in [9.17, 15) is 9.18 Å². The van der Waals surface area contributed by atoms with Gasteiger partial charge in [0.15, 0.2) is 0 Å². The van der Waals surface area contributed by atoms with Gasteiger partial charge in [0.2, 0.25) is 0 Å². The smallest absolute Gasteiger partial charge is 0.253 e. The van der Waals surface area contributed by atoms with E-state index < -0.39 is 0 Å². The summed E-state index contributed by atoms with van der Waals surface area (Å²) in [5, 5.41) is 0. The third-order valence-electron chi connectivity index (χ3n) is 5.79. The average Bonchev–Trinajstić information content (AvgIpc) is 3.05. The fourth-order valence-electron chi connectivity index (χ4n) is 4.15. The molecule has 2 heterocycles. The van der Waals surface area contributed by atoms with Crippen LogP contribution in [0.4, 0.5) is 10.1 Å². The molecular weight excluding hydrogens is 405 g/mol. The van der Waals surface area contributed by atoms with Crippen LogP contribution in [-0.4, -0.2) is 42.0 Å². The summed E-state index contributed by atoms with van der Waals surface area (Å²) in [6, 6.07) is 14.2. The van der Waals surface area contributed by atoms with Gasteiger partial charge < -0.3 is 14.5 Å². The molecule has 5 nitrogen and oxygen atoms in total. The Morgan fingerprint density at radius 2 is 1.78 bits per heavy atom. The van der Waals surface area contributed by atoms with Gasteiger partial charge in [-0.1, -0.05) is 6.07 Å². The number of carbonyl (C=O) groups is 1. The monoisotopic (exact) mass is 433 g/mol. The Balaban J connectivity index is 1.43. The van der Waals surface area contributed by atoms with Crippen molar-refractivity contribution in [2.45, 2.75) is 26.9 Å². The van der Waals surface area contributed by atoms with Gasteiger partial charge in [0.05, 0.1) is 0 Å². The highest BCUT2D eigenvalue weighted by molar-refractivity contribution is 5.95. The van der Waals surface area contributed by atoms with E-state index in [4.69, 9.17) is 4.74 Å². The minimum Gasteiger partial charge on any atom is -0.488 e. The molecule has 4 rings (SSSR count). The second kappa shape index (κ2) is 9.81. The second-order valence-corrected chi connectivity index (χ2v) is 8.20. The van der Waals surface area contributed by atoms with Gasteiger partial charge in [-0.3, -0.25) is 9.78 Å². The molecule has 1 aliphatic heterocycles. The van der Waals surface area contributed by atoms with Crippen molar-refractivity contribution in [3.05, 3.63) is 89.0 Å². The number of pyridine rings is 1. The molecule has 0 saturated carbocycles. The molecule has 1 saturated heterocycles. The predicted molar refractivity (Wildman–Crippen MR) is 124 cm³/mol. The predicted octanol–water partition coefficient (Wildman–Crippen LogP) is 4.77. The molecule has 1 aromatic heterocycles. The Kier molecular flexibility index (Phi) is 6.69. The number of halogens is 1. The molecule has 0 N–H and O–H groups in total. The van der Waals surface area contributed by atoms with E-state index in [0.29, 0.717) is 25.3 Å². The summed E-state index contributed by atoms with van der Waals surface area (Å²) in [7, 11) is 0. The summed E-state index contributed by atoms with van der Waals surface area (Å²) in [6.07, 6.45) is 4.40. The SMILES string of the molecule is Cc1cc(C(=O)N2CCCN(c3ccc(F)cc3)CC2)cc(C)c1OCc1cccnc1. The number of amides is 1. The Morgan fingerprint density at radius 3 is 2.47 bits per heavy atom. The molecule has 32 heavy (non-hydrogen) atoms. The van der Waals surface area contributed by atoms with E-state index in [2.05, 4.69) is 9.88 Å². The molecule has 0 aliphatic carbocycles. The summed E-state index contributed by atoms with van der Waals surface area (Å²) < 4.78 is 19.3. The van der Waals surface area contributed by atoms with Gasteiger partial charge >= 0.3 is 0 Å². The maximum atomic E-state index is 13.2. The first-order chi connectivity index (χ1) is 15.5. The van der Waals surface area contributed by atoms with Gasteiger partial charge in [0, 0.05) is 55.4 Å². The van der Waals surface area contributed by atoms with Gasteiger partial charge in [-0.2, -0.15) is 0 Å². The second-order valence-electron chi connectivity index (χ2n) is 8.20. The molecule has 1 amide bonds. The van der Waals surface area contributed by atoms with Crippen molar-refractivity contribution in [2.24, 2.45) is 0 Å². The van der Waals surface area contributed by atoms with Crippen LogP contribution in [0.25, 0.3) is 0 Å². The van der Waals surface area contributed by atoms with Gasteiger partial charge in [-0.15, -0.1) is 0 Å². The molecule has 6 heteroatoms. The van der Waals surface area contributed by atoms with Crippen LogP contribution in [-0.2, 0) is 6.61 Å². The molecule has 3 aromatic rings. The van der Waals surface area contributed by atoms with Crippen LogP contribution in [0.3, 0.4) is 0 Å². The summed E-state index contributed by atoms with van der Waals surface area (Å²) in [5.41, 5.74) is 4.56. The molecule has 0 unspecified atom stereocenters. The van der Waals surface area contributed by atoms with Crippen molar-refractivity contribution in [1.82, 2.24) is 9.88 Å². The van der Waals surface area contributed by atoms with E-state index in [-0.39, 0.29) is 11.7 Å². The largest absolute Gasteiger partial charge is 0.488 e. The number of aromatic nitrogens is 1. The van der Waals surface area contributed by atoms with E-state index in [0.717, 1.165) is 47.6 Å². The van der Waals surface area contributed by atoms with Crippen LogP contribution >= 0.6 is 0 Å². The number of aryl methyl sites for hydroxylation is 2. The first-order valence-electron chi connectivity index (χ1n) is 10.9. The maximum Gasteiger partial charge on any atom is 0.253 e. The number of benzene rings is 2. The molecular formula is C26H28FN3O2. The standard InChI is InChI=1S/C26H28FN3O2/c1-19-15-22(16-20(2)25(19)32-18-21-5-3-10-28-17-21)26(31)30-12-4-11-29(13-14-30)24-8-6-23(27)7-9-24/h3,5-10,15-17H,4,11-14,18H2,1-2H3. The zero-order chi connectivity index (χ0) is 22.5. The van der Waals surface area contributed by atoms with Crippen LogP contribution in [0.15, 0.2) is 60.9 Å². The van der Waals surface area contributed by atoms with Crippen molar-refractivity contribution in [3.8, 4) is 5.75 Å². The zero-order valence-corrected chi connectivity index (χ0v) is 18.6. The van der Waals surface area contributed by atoms with Crippen molar-refractivity contribution < 1.29 is 13.9 Å². The first kappa shape index (κ1) is 21.8. The lowest BCUT2D eigenvalue weighted by Gasteiger charge is -2.24. The van der Waals surface area contributed by atoms with Crippen LogP contribution in [0.5, 0.6) is 5.75 Å². The molecule has 2 aromatic carbocycles. The fraction of sp³-hybridized carbons (Fsp3) is 0.308.